The molecule has 5 nitrogen and oxygen atoms in total. The number of rotatable bonds is 4. The first-order valence-corrected chi connectivity index (χ1v) is 6.96. The third kappa shape index (κ3) is 2.98. The van der Waals surface area contributed by atoms with Gasteiger partial charge in [-0.05, 0) is 26.0 Å². The van der Waals surface area contributed by atoms with Gasteiger partial charge in [0.25, 0.3) is 0 Å². The van der Waals surface area contributed by atoms with Crippen molar-refractivity contribution in [2.45, 2.75) is 24.8 Å². The van der Waals surface area contributed by atoms with Crippen LogP contribution in [0.2, 0.25) is 0 Å². The van der Waals surface area contributed by atoms with Crippen LogP contribution in [0.15, 0.2) is 17.0 Å². The minimum atomic E-state index is -3.83. The number of carbonyl (C=O) groups is 1. The number of hydrogen-bond donors (Lipinski definition) is 1. The van der Waals surface area contributed by atoms with Gasteiger partial charge in [-0.2, -0.15) is 0 Å². The highest BCUT2D eigenvalue weighted by Crippen LogP contribution is 2.28. The van der Waals surface area contributed by atoms with Gasteiger partial charge in [-0.15, -0.1) is 0 Å². The zero-order valence-electron chi connectivity index (χ0n) is 10.1. The molecule has 7 heteroatoms. The lowest BCUT2D eigenvalue weighted by Gasteiger charge is -2.14. The molecule has 0 heterocycles. The molecule has 0 radical (unpaired) electrons. The molecule has 0 unspecified atom stereocenters. The molecule has 1 aromatic carbocycles. The van der Waals surface area contributed by atoms with E-state index in [0.29, 0.717) is 0 Å². The zero-order valence-corrected chi connectivity index (χ0v) is 10.9. The fourth-order valence-electron chi connectivity index (χ4n) is 1.38. The Bertz CT molecular complexity index is 577. The number of aromatic carboxylic acids is 1. The van der Waals surface area contributed by atoms with E-state index in [1.54, 1.807) is 13.8 Å². The van der Waals surface area contributed by atoms with Gasteiger partial charge in [0.15, 0.2) is 15.7 Å². The molecule has 18 heavy (non-hydrogen) atoms. The molecule has 1 aromatic rings. The van der Waals surface area contributed by atoms with Crippen molar-refractivity contribution in [2.24, 2.45) is 0 Å². The Morgan fingerprint density at radius 1 is 1.39 bits per heavy atom. The molecule has 0 aromatic heterocycles. The second kappa shape index (κ2) is 4.93. The topological polar surface area (TPSA) is 80.7 Å². The molecule has 0 saturated heterocycles. The number of carboxylic acids is 1. The summed E-state index contributed by atoms with van der Waals surface area (Å²) < 4.78 is 41.6. The van der Waals surface area contributed by atoms with Crippen LogP contribution >= 0.6 is 0 Å². The van der Waals surface area contributed by atoms with Crippen LogP contribution in [0.5, 0.6) is 5.75 Å². The van der Waals surface area contributed by atoms with E-state index in [1.165, 1.54) is 0 Å². The van der Waals surface area contributed by atoms with Gasteiger partial charge in [0.1, 0.15) is 16.2 Å². The van der Waals surface area contributed by atoms with E-state index in [1.807, 2.05) is 0 Å². The molecule has 0 atom stereocenters. The van der Waals surface area contributed by atoms with Crippen LogP contribution in [0.4, 0.5) is 4.39 Å². The van der Waals surface area contributed by atoms with Gasteiger partial charge >= 0.3 is 5.97 Å². The number of sulfone groups is 1. The predicted molar refractivity (Wildman–Crippen MR) is 62.2 cm³/mol. The number of halogens is 1. The van der Waals surface area contributed by atoms with Crippen molar-refractivity contribution in [2.75, 3.05) is 6.26 Å². The molecule has 100 valence electrons. The molecule has 0 aliphatic carbocycles. The average molecular weight is 276 g/mol. The van der Waals surface area contributed by atoms with Gasteiger partial charge < -0.3 is 9.84 Å². The van der Waals surface area contributed by atoms with Gasteiger partial charge in [-0.3, -0.25) is 0 Å². The highest BCUT2D eigenvalue weighted by molar-refractivity contribution is 7.90. The largest absolute Gasteiger partial charge is 0.490 e. The van der Waals surface area contributed by atoms with Crippen LogP contribution < -0.4 is 4.74 Å². The summed E-state index contributed by atoms with van der Waals surface area (Å²) in [4.78, 5) is 10.3. The highest BCUT2D eigenvalue weighted by Gasteiger charge is 2.25. The number of benzene rings is 1. The quantitative estimate of drug-likeness (QED) is 0.905. The van der Waals surface area contributed by atoms with Crippen molar-refractivity contribution in [1.82, 2.24) is 0 Å². The molecular weight excluding hydrogens is 263 g/mol. The molecular formula is C11H13FO5S. The molecule has 0 amide bonds. The van der Waals surface area contributed by atoms with Gasteiger partial charge in [-0.25, -0.2) is 17.6 Å². The van der Waals surface area contributed by atoms with Gasteiger partial charge in [0.2, 0.25) is 0 Å². The SMILES string of the molecule is CC(C)Oc1ccc(S(C)(=O)=O)c(F)c1C(=O)O. The lowest BCUT2D eigenvalue weighted by atomic mass is 10.2. The smallest absolute Gasteiger partial charge is 0.342 e. The Morgan fingerprint density at radius 3 is 2.33 bits per heavy atom. The average Bonchev–Trinajstić information content (AvgIpc) is 2.13. The number of hydrogen-bond acceptors (Lipinski definition) is 4. The lowest BCUT2D eigenvalue weighted by molar-refractivity contribution is 0.0684. The van der Waals surface area contributed by atoms with Gasteiger partial charge in [-0.1, -0.05) is 0 Å². The Balaban J connectivity index is 3.53. The second-order valence-corrected chi connectivity index (χ2v) is 5.98. The molecule has 0 spiro atoms. The van der Waals surface area contributed by atoms with Crippen LogP contribution in [-0.2, 0) is 9.84 Å². The number of carboxylic acid groups (broad SMARTS) is 1. The van der Waals surface area contributed by atoms with Crippen LogP contribution in [0.25, 0.3) is 0 Å². The van der Waals surface area contributed by atoms with E-state index in [-0.39, 0.29) is 11.9 Å². The van der Waals surface area contributed by atoms with E-state index >= 15 is 0 Å². The van der Waals surface area contributed by atoms with Crippen molar-refractivity contribution in [3.63, 3.8) is 0 Å². The van der Waals surface area contributed by atoms with E-state index in [0.717, 1.165) is 18.4 Å². The monoisotopic (exact) mass is 276 g/mol. The summed E-state index contributed by atoms with van der Waals surface area (Å²) in [5, 5.41) is 8.93. The first kappa shape index (κ1) is 14.4. The van der Waals surface area contributed by atoms with Crippen molar-refractivity contribution in [3.8, 4) is 5.75 Å². The van der Waals surface area contributed by atoms with Crippen LogP contribution in [0, 0.1) is 5.82 Å². The molecule has 1 rings (SSSR count). The summed E-state index contributed by atoms with van der Waals surface area (Å²) in [6.45, 7) is 3.29. The van der Waals surface area contributed by atoms with Crippen molar-refractivity contribution < 1.29 is 27.4 Å². The molecule has 0 bridgehead atoms. The van der Waals surface area contributed by atoms with Gasteiger partial charge in [0, 0.05) is 6.26 Å². The van der Waals surface area contributed by atoms with Crippen LogP contribution in [-0.4, -0.2) is 31.9 Å². The van der Waals surface area contributed by atoms with Crippen molar-refractivity contribution >= 4 is 15.8 Å². The summed E-state index contributed by atoms with van der Waals surface area (Å²) in [7, 11) is -3.83. The number of ether oxygens (including phenoxy) is 1. The Kier molecular flexibility index (Phi) is 3.95. The fourth-order valence-corrected chi connectivity index (χ4v) is 2.12. The molecule has 0 saturated carbocycles. The Hall–Kier alpha value is -1.63. The van der Waals surface area contributed by atoms with Crippen LogP contribution in [0.1, 0.15) is 24.2 Å². The summed E-state index contributed by atoms with van der Waals surface area (Å²) in [5.74, 6) is -3.07. The van der Waals surface area contributed by atoms with Crippen LogP contribution in [0.3, 0.4) is 0 Å². The maximum Gasteiger partial charge on any atom is 0.342 e. The van der Waals surface area contributed by atoms with Crippen molar-refractivity contribution in [1.29, 1.82) is 0 Å². The minimum Gasteiger partial charge on any atom is -0.490 e. The third-order valence-electron chi connectivity index (χ3n) is 2.04. The molecule has 0 aliphatic heterocycles. The minimum absolute atomic E-state index is 0.192. The van der Waals surface area contributed by atoms with Gasteiger partial charge in [0.05, 0.1) is 6.10 Å². The lowest BCUT2D eigenvalue weighted by Crippen LogP contribution is -2.14. The maximum absolute atomic E-state index is 13.9. The first-order chi connectivity index (χ1) is 8.14. The summed E-state index contributed by atoms with van der Waals surface area (Å²) in [5.41, 5.74) is -0.772. The van der Waals surface area contributed by atoms with E-state index < -0.39 is 32.1 Å². The zero-order chi connectivity index (χ0) is 14.1. The van der Waals surface area contributed by atoms with E-state index in [9.17, 15) is 17.6 Å². The fraction of sp³-hybridized carbons (Fsp3) is 0.364. The Labute approximate surface area is 104 Å². The predicted octanol–water partition coefficient (Wildman–Crippen LogP) is 1.71. The summed E-state index contributed by atoms with van der Waals surface area (Å²) in [6, 6.07) is 2.14. The molecule has 0 fully saturated rings. The maximum atomic E-state index is 13.9. The molecule has 0 aliphatic rings. The van der Waals surface area contributed by atoms with Crippen molar-refractivity contribution in [3.05, 3.63) is 23.5 Å². The third-order valence-corrected chi connectivity index (χ3v) is 3.16. The summed E-state index contributed by atoms with van der Waals surface area (Å²) >= 11 is 0. The highest BCUT2D eigenvalue weighted by atomic mass is 32.2. The van der Waals surface area contributed by atoms with E-state index in [4.69, 9.17) is 9.84 Å². The second-order valence-electron chi connectivity index (χ2n) is 3.99. The van der Waals surface area contributed by atoms with E-state index in [2.05, 4.69) is 0 Å². The summed E-state index contributed by atoms with van der Waals surface area (Å²) in [6.07, 6.45) is 0.451. The normalized spacial score (nSPS) is 11.6. The Morgan fingerprint density at radius 2 is 1.94 bits per heavy atom. The first-order valence-electron chi connectivity index (χ1n) is 5.07. The standard InChI is InChI=1S/C11H13FO5S/c1-6(2)17-7-4-5-8(18(3,15)16)10(12)9(7)11(13)14/h4-6H,1-3H3,(H,13,14). The molecule has 1 N–H and O–H groups in total.